The van der Waals surface area contributed by atoms with Crippen molar-refractivity contribution in [2.75, 3.05) is 5.32 Å². The van der Waals surface area contributed by atoms with Crippen LogP contribution in [0.4, 0.5) is 5.69 Å². The van der Waals surface area contributed by atoms with Crippen LogP contribution < -0.4 is 10.6 Å². The van der Waals surface area contributed by atoms with Gasteiger partial charge in [-0.15, -0.1) is 11.3 Å². The normalized spacial score (nSPS) is 19.8. The van der Waals surface area contributed by atoms with Crippen molar-refractivity contribution < 1.29 is 19.5 Å². The molecule has 0 spiro atoms. The van der Waals surface area contributed by atoms with Crippen molar-refractivity contribution in [3.8, 4) is 5.75 Å². The fourth-order valence-corrected chi connectivity index (χ4v) is 7.02. The summed E-state index contributed by atoms with van der Waals surface area (Å²) in [6.45, 7) is 4.01. The minimum Gasteiger partial charge on any atom is -0.506 e. The summed E-state index contributed by atoms with van der Waals surface area (Å²) in [7, 11) is 0. The van der Waals surface area contributed by atoms with E-state index in [1.54, 1.807) is 29.5 Å². The van der Waals surface area contributed by atoms with E-state index >= 15 is 0 Å². The van der Waals surface area contributed by atoms with Crippen LogP contribution >= 0.6 is 11.3 Å². The van der Waals surface area contributed by atoms with Crippen molar-refractivity contribution >= 4 is 44.8 Å². The molecule has 1 aromatic heterocycles. The van der Waals surface area contributed by atoms with Crippen LogP contribution in [0.1, 0.15) is 43.0 Å². The molecular formula is C33H33N3O4S. The molecule has 8 heteroatoms. The first-order valence-electron chi connectivity index (χ1n) is 14.1. The Balaban J connectivity index is 1.43. The zero-order chi connectivity index (χ0) is 28.7. The number of phenols is 1. The number of phenolic OH excluding ortho intramolecular Hbond substituents is 1. The average molecular weight is 568 g/mol. The molecule has 7 nitrogen and oxygen atoms in total. The highest BCUT2D eigenvalue weighted by Crippen LogP contribution is 2.37. The topological polar surface area (TPSA) is 98.7 Å². The molecule has 1 saturated heterocycles. The van der Waals surface area contributed by atoms with Crippen LogP contribution in [0.2, 0.25) is 0 Å². The molecule has 2 heterocycles. The van der Waals surface area contributed by atoms with Gasteiger partial charge in [0.25, 0.3) is 5.91 Å². The maximum atomic E-state index is 14.5. The number of carbonyl (C=O) groups is 3. The maximum absolute atomic E-state index is 14.5. The van der Waals surface area contributed by atoms with Gasteiger partial charge < -0.3 is 20.6 Å². The van der Waals surface area contributed by atoms with Gasteiger partial charge in [-0.05, 0) is 88.9 Å². The third-order valence-electron chi connectivity index (χ3n) is 8.19. The van der Waals surface area contributed by atoms with Gasteiger partial charge in [0.1, 0.15) is 23.9 Å². The van der Waals surface area contributed by atoms with Crippen LogP contribution in [0.25, 0.3) is 10.1 Å². The second kappa shape index (κ2) is 11.0. The first-order valence-corrected chi connectivity index (χ1v) is 14.9. The van der Waals surface area contributed by atoms with Gasteiger partial charge in [-0.3, -0.25) is 14.4 Å². The molecule has 4 aromatic rings. The van der Waals surface area contributed by atoms with E-state index in [1.165, 1.54) is 22.1 Å². The number of carbonyl (C=O) groups excluding carboxylic acids is 3. The van der Waals surface area contributed by atoms with Gasteiger partial charge in [-0.2, -0.15) is 0 Å². The number of nitrogens with one attached hydrogen (secondary N) is 2. The minimum atomic E-state index is -1.08. The zero-order valence-electron chi connectivity index (χ0n) is 23.0. The lowest BCUT2D eigenvalue weighted by Gasteiger charge is -2.44. The lowest BCUT2D eigenvalue weighted by atomic mass is 9.87. The average Bonchev–Trinajstić information content (AvgIpc) is 3.60. The fourth-order valence-electron chi connectivity index (χ4n) is 6.25. The van der Waals surface area contributed by atoms with Crippen molar-refractivity contribution in [2.45, 2.75) is 51.2 Å². The molecule has 2 aliphatic rings. The van der Waals surface area contributed by atoms with E-state index in [-0.39, 0.29) is 35.1 Å². The summed E-state index contributed by atoms with van der Waals surface area (Å²) in [6, 6.07) is 19.7. The molecule has 0 bridgehead atoms. The van der Waals surface area contributed by atoms with Crippen molar-refractivity contribution in [3.05, 3.63) is 94.9 Å². The molecule has 3 atom stereocenters. The summed E-state index contributed by atoms with van der Waals surface area (Å²) in [6.07, 6.45) is 1.78. The van der Waals surface area contributed by atoms with Gasteiger partial charge in [0.2, 0.25) is 11.8 Å². The molecule has 0 saturated carbocycles. The Morgan fingerprint density at radius 1 is 1.02 bits per heavy atom. The highest BCUT2D eigenvalue weighted by Gasteiger charge is 2.49. The molecule has 1 aliphatic carbocycles. The van der Waals surface area contributed by atoms with Crippen molar-refractivity contribution in [1.82, 2.24) is 10.2 Å². The number of benzene rings is 3. The zero-order valence-corrected chi connectivity index (χ0v) is 23.9. The number of hydrogen-bond acceptors (Lipinski definition) is 5. The highest BCUT2D eigenvalue weighted by molar-refractivity contribution is 7.17. The van der Waals surface area contributed by atoms with Crippen LogP contribution in [-0.2, 0) is 27.2 Å². The minimum absolute atomic E-state index is 0.0732. The number of thiophene rings is 1. The number of amides is 3. The Morgan fingerprint density at radius 2 is 1.73 bits per heavy atom. The molecule has 41 heavy (non-hydrogen) atoms. The smallest absolute Gasteiger partial charge is 0.251 e. The molecule has 210 valence electrons. The summed E-state index contributed by atoms with van der Waals surface area (Å²) < 4.78 is 1.07. The summed E-state index contributed by atoms with van der Waals surface area (Å²) >= 11 is 1.60. The number of anilines is 1. The van der Waals surface area contributed by atoms with Crippen molar-refractivity contribution in [1.29, 1.82) is 0 Å². The van der Waals surface area contributed by atoms with E-state index in [0.717, 1.165) is 10.1 Å². The third kappa shape index (κ3) is 5.20. The van der Waals surface area contributed by atoms with E-state index in [0.29, 0.717) is 24.8 Å². The van der Waals surface area contributed by atoms with Gasteiger partial charge in [0, 0.05) is 4.70 Å². The Kier molecular flexibility index (Phi) is 7.26. The van der Waals surface area contributed by atoms with Crippen LogP contribution in [0, 0.1) is 11.8 Å². The SMILES string of the molecule is CC(C)C[C@@H]1C(=O)N[C@H](C2Cc3ccccc3C2)C(=O)N1C(C(=O)Nc1ccccc1O)c1ccc2sccc2c1. The van der Waals surface area contributed by atoms with Crippen LogP contribution in [-0.4, -0.2) is 39.8 Å². The number of nitrogens with zero attached hydrogens (tertiary/aromatic N) is 1. The number of rotatable bonds is 7. The second-order valence-electron chi connectivity index (χ2n) is 11.4. The van der Waals surface area contributed by atoms with Gasteiger partial charge >= 0.3 is 0 Å². The maximum Gasteiger partial charge on any atom is 0.251 e. The summed E-state index contributed by atoms with van der Waals surface area (Å²) in [5.41, 5.74) is 3.24. The summed E-state index contributed by atoms with van der Waals surface area (Å²) in [5, 5.41) is 19.3. The number of aromatic hydroxyl groups is 1. The molecular weight excluding hydrogens is 534 g/mol. The standard InChI is InChI=1S/C33H33N3O4S/c1-19(2)15-26-31(38)35-29(24-16-20-7-3-4-8-21(20)17-24)33(40)36(26)30(23-11-12-28-22(18-23)13-14-41-28)32(39)34-25-9-5-6-10-27(25)37/h3-14,18-19,24,26,29-30,37H,15-17H2,1-2H3,(H,34,39)(H,35,38)/t26-,29-,30?/m1/s1. The molecule has 1 unspecified atom stereocenters. The Hall–Kier alpha value is -4.17. The van der Waals surface area contributed by atoms with Gasteiger partial charge in [-0.25, -0.2) is 0 Å². The first-order chi connectivity index (χ1) is 19.8. The van der Waals surface area contributed by atoms with Gasteiger partial charge in [-0.1, -0.05) is 56.3 Å². The molecule has 3 amide bonds. The quantitative estimate of drug-likeness (QED) is 0.259. The molecule has 6 rings (SSSR count). The molecule has 3 aromatic carbocycles. The molecule has 3 N–H and O–H groups in total. The van der Waals surface area contributed by atoms with Gasteiger partial charge in [0.15, 0.2) is 0 Å². The number of piperazine rings is 1. The Morgan fingerprint density at radius 3 is 2.44 bits per heavy atom. The highest BCUT2D eigenvalue weighted by atomic mass is 32.1. The van der Waals surface area contributed by atoms with Gasteiger partial charge in [0.05, 0.1) is 5.69 Å². The van der Waals surface area contributed by atoms with E-state index in [2.05, 4.69) is 22.8 Å². The van der Waals surface area contributed by atoms with Crippen molar-refractivity contribution in [2.24, 2.45) is 11.8 Å². The third-order valence-corrected chi connectivity index (χ3v) is 9.08. The Labute approximate surface area is 243 Å². The number of fused-ring (bicyclic) bond motifs is 2. The van der Waals surface area contributed by atoms with E-state index in [4.69, 9.17) is 0 Å². The number of para-hydroxylation sites is 2. The van der Waals surface area contributed by atoms with E-state index in [1.807, 2.05) is 55.6 Å². The predicted octanol–water partition coefficient (Wildman–Crippen LogP) is 5.44. The van der Waals surface area contributed by atoms with E-state index in [9.17, 15) is 19.5 Å². The molecule has 1 aliphatic heterocycles. The monoisotopic (exact) mass is 567 g/mol. The summed E-state index contributed by atoms with van der Waals surface area (Å²) in [4.78, 5) is 44.0. The van der Waals surface area contributed by atoms with Crippen LogP contribution in [0.3, 0.4) is 0 Å². The lowest BCUT2D eigenvalue weighted by Crippen LogP contribution is -2.67. The lowest BCUT2D eigenvalue weighted by molar-refractivity contribution is -0.157. The summed E-state index contributed by atoms with van der Waals surface area (Å²) in [5.74, 6) is -1.04. The van der Waals surface area contributed by atoms with E-state index < -0.39 is 24.0 Å². The van der Waals surface area contributed by atoms with Crippen LogP contribution in [0.15, 0.2) is 78.2 Å². The first kappa shape index (κ1) is 27.0. The van der Waals surface area contributed by atoms with Crippen LogP contribution in [0.5, 0.6) is 5.75 Å². The molecule has 1 fully saturated rings. The second-order valence-corrected chi connectivity index (χ2v) is 12.4. The predicted molar refractivity (Wildman–Crippen MR) is 161 cm³/mol. The largest absolute Gasteiger partial charge is 0.506 e. The Bertz CT molecular complexity index is 1600. The molecule has 0 radical (unpaired) electrons. The fraction of sp³-hybridized carbons (Fsp3) is 0.303. The number of hydrogen-bond donors (Lipinski definition) is 3. The van der Waals surface area contributed by atoms with Crippen molar-refractivity contribution in [3.63, 3.8) is 0 Å².